The van der Waals surface area contributed by atoms with Gasteiger partial charge in [-0.05, 0) is 42.0 Å². The highest BCUT2D eigenvalue weighted by Gasteiger charge is 2.08. The Morgan fingerprint density at radius 1 is 1.07 bits per heavy atom. The van der Waals surface area contributed by atoms with Gasteiger partial charge in [0.05, 0.1) is 11.9 Å². The van der Waals surface area contributed by atoms with Gasteiger partial charge in [0.15, 0.2) is 5.96 Å². The Balaban J connectivity index is 0.00000392. The average molecular weight is 534 g/mol. The van der Waals surface area contributed by atoms with Gasteiger partial charge in [0.2, 0.25) is 10.0 Å². The minimum absolute atomic E-state index is 0. The van der Waals surface area contributed by atoms with E-state index in [2.05, 4.69) is 51.7 Å². The molecule has 2 aromatic rings. The number of thioether (sulfide) groups is 1. The van der Waals surface area contributed by atoms with Gasteiger partial charge in [-0.1, -0.05) is 30.3 Å². The minimum atomic E-state index is -3.33. The lowest BCUT2D eigenvalue weighted by Crippen LogP contribution is -2.36. The number of nitrogens with one attached hydrogen (secondary N) is 3. The predicted octanol–water partition coefficient (Wildman–Crippen LogP) is 3.57. The molecule has 28 heavy (non-hydrogen) atoms. The molecule has 154 valence electrons. The van der Waals surface area contributed by atoms with Gasteiger partial charge in [0, 0.05) is 25.0 Å². The largest absolute Gasteiger partial charge is 0.352 e. The molecule has 0 aliphatic rings. The third kappa shape index (κ3) is 7.88. The Morgan fingerprint density at radius 2 is 1.71 bits per heavy atom. The molecule has 0 saturated heterocycles. The highest BCUT2D eigenvalue weighted by atomic mass is 127. The molecule has 9 heteroatoms. The number of hydrogen-bond donors (Lipinski definition) is 3. The highest BCUT2D eigenvalue weighted by Crippen LogP contribution is 2.21. The molecule has 0 spiro atoms. The lowest BCUT2D eigenvalue weighted by Gasteiger charge is -2.16. The summed E-state index contributed by atoms with van der Waals surface area (Å²) in [5, 5.41) is 6.53. The number of hydrogen-bond acceptors (Lipinski definition) is 4. The Bertz CT molecular complexity index is 918. The van der Waals surface area contributed by atoms with Crippen LogP contribution in [0.5, 0.6) is 0 Å². The Kier molecular flexibility index (Phi) is 10.1. The molecule has 2 aromatic carbocycles. The number of nitrogens with zero attached hydrogens (tertiary/aromatic N) is 1. The summed E-state index contributed by atoms with van der Waals surface area (Å²) < 4.78 is 25.6. The van der Waals surface area contributed by atoms with Crippen molar-refractivity contribution in [3.05, 3.63) is 59.2 Å². The maximum Gasteiger partial charge on any atom is 0.229 e. The number of anilines is 1. The molecule has 0 aliphatic heterocycles. The van der Waals surface area contributed by atoms with E-state index in [0.29, 0.717) is 24.7 Å². The van der Waals surface area contributed by atoms with Crippen molar-refractivity contribution in [1.29, 1.82) is 0 Å². The van der Waals surface area contributed by atoms with Crippen LogP contribution in [0.2, 0.25) is 0 Å². The van der Waals surface area contributed by atoms with E-state index >= 15 is 0 Å². The molecule has 0 amide bonds. The minimum Gasteiger partial charge on any atom is -0.352 e. The van der Waals surface area contributed by atoms with Crippen LogP contribution < -0.4 is 15.4 Å². The predicted molar refractivity (Wildman–Crippen MR) is 130 cm³/mol. The molecule has 0 bridgehead atoms. The molecule has 0 heterocycles. The molecule has 0 fully saturated rings. The summed E-state index contributed by atoms with van der Waals surface area (Å²) in [7, 11) is -1.62. The van der Waals surface area contributed by atoms with Gasteiger partial charge in [0.1, 0.15) is 0 Å². The Hall–Kier alpha value is -1.46. The summed E-state index contributed by atoms with van der Waals surface area (Å²) in [6.07, 6.45) is 3.21. The second kappa shape index (κ2) is 11.5. The molecule has 0 aromatic heterocycles. The van der Waals surface area contributed by atoms with Crippen LogP contribution in [0.3, 0.4) is 0 Å². The fourth-order valence-electron chi connectivity index (χ4n) is 2.55. The normalized spacial score (nSPS) is 11.5. The van der Waals surface area contributed by atoms with E-state index in [0.717, 1.165) is 11.8 Å². The number of halogens is 1. The second-order valence-corrected chi connectivity index (χ2v) is 8.72. The van der Waals surface area contributed by atoms with Gasteiger partial charge in [-0.2, -0.15) is 0 Å². The van der Waals surface area contributed by atoms with Crippen molar-refractivity contribution < 1.29 is 8.42 Å². The van der Waals surface area contributed by atoms with Crippen LogP contribution in [0.25, 0.3) is 0 Å². The molecule has 2 rings (SSSR count). The van der Waals surface area contributed by atoms with E-state index in [4.69, 9.17) is 0 Å². The first-order chi connectivity index (χ1) is 12.8. The van der Waals surface area contributed by atoms with Crippen LogP contribution >= 0.6 is 35.7 Å². The van der Waals surface area contributed by atoms with Crippen LogP contribution in [0.1, 0.15) is 16.7 Å². The van der Waals surface area contributed by atoms with E-state index in [1.165, 1.54) is 16.0 Å². The van der Waals surface area contributed by atoms with Crippen LogP contribution in [0, 0.1) is 6.92 Å². The van der Waals surface area contributed by atoms with Crippen molar-refractivity contribution in [3.63, 3.8) is 0 Å². The highest BCUT2D eigenvalue weighted by molar-refractivity contribution is 14.0. The van der Waals surface area contributed by atoms with E-state index in [1.54, 1.807) is 30.9 Å². The van der Waals surface area contributed by atoms with Gasteiger partial charge in [-0.3, -0.25) is 9.71 Å². The first-order valence-electron chi connectivity index (χ1n) is 8.46. The lowest BCUT2D eigenvalue weighted by molar-refractivity contribution is 0.606. The Morgan fingerprint density at radius 3 is 2.32 bits per heavy atom. The summed E-state index contributed by atoms with van der Waals surface area (Å²) in [6.45, 7) is 3.18. The molecule has 6 nitrogen and oxygen atoms in total. The summed E-state index contributed by atoms with van der Waals surface area (Å²) >= 11 is 1.72. The van der Waals surface area contributed by atoms with Crippen LogP contribution in [-0.2, 0) is 23.1 Å². The second-order valence-electron chi connectivity index (χ2n) is 6.13. The van der Waals surface area contributed by atoms with Crippen molar-refractivity contribution in [1.82, 2.24) is 10.6 Å². The standard InChI is InChI=1S/C19H26N4O2S2.HI/c1-14-9-10-16(18(11-14)26-3)13-22-19(20-2)21-12-15-7-5-6-8-17(15)23-27(4,24)25;/h5-11,23H,12-13H2,1-4H3,(H2,20,21,22);1H. The fourth-order valence-corrected chi connectivity index (χ4v) is 3.85. The zero-order valence-corrected chi connectivity index (χ0v) is 20.4. The first-order valence-corrected chi connectivity index (χ1v) is 11.6. The van der Waals surface area contributed by atoms with Gasteiger partial charge in [0.25, 0.3) is 0 Å². The van der Waals surface area contributed by atoms with E-state index in [1.807, 2.05) is 12.1 Å². The van der Waals surface area contributed by atoms with Crippen LogP contribution in [0.15, 0.2) is 52.4 Å². The fraction of sp³-hybridized carbons (Fsp3) is 0.316. The van der Waals surface area contributed by atoms with Crippen molar-refractivity contribution in [2.75, 3.05) is 24.3 Å². The number of para-hydroxylation sites is 1. The molecule has 0 unspecified atom stereocenters. The smallest absolute Gasteiger partial charge is 0.229 e. The zero-order valence-electron chi connectivity index (χ0n) is 16.4. The van der Waals surface area contributed by atoms with Gasteiger partial charge in [-0.25, -0.2) is 8.42 Å². The van der Waals surface area contributed by atoms with Gasteiger partial charge >= 0.3 is 0 Å². The molecule has 0 saturated carbocycles. The van der Waals surface area contributed by atoms with E-state index in [9.17, 15) is 8.42 Å². The number of rotatable bonds is 7. The lowest BCUT2D eigenvalue weighted by atomic mass is 10.1. The van der Waals surface area contributed by atoms with E-state index < -0.39 is 10.0 Å². The first kappa shape index (κ1) is 24.6. The summed E-state index contributed by atoms with van der Waals surface area (Å²) in [5.41, 5.74) is 3.84. The van der Waals surface area contributed by atoms with Crippen LogP contribution in [0.4, 0.5) is 5.69 Å². The third-order valence-corrected chi connectivity index (χ3v) is 5.28. The van der Waals surface area contributed by atoms with Gasteiger partial charge < -0.3 is 10.6 Å². The monoisotopic (exact) mass is 534 g/mol. The van der Waals surface area contributed by atoms with Crippen molar-refractivity contribution in [3.8, 4) is 0 Å². The Labute approximate surface area is 189 Å². The maximum absolute atomic E-state index is 11.5. The number of benzene rings is 2. The number of aliphatic imine (C=N–C) groups is 1. The van der Waals surface area contributed by atoms with E-state index in [-0.39, 0.29) is 24.0 Å². The molecule has 0 aliphatic carbocycles. The number of sulfonamides is 1. The summed E-state index contributed by atoms with van der Waals surface area (Å²) in [4.78, 5) is 5.48. The zero-order chi connectivity index (χ0) is 19.9. The number of aryl methyl sites for hydroxylation is 1. The van der Waals surface area contributed by atoms with Crippen LogP contribution in [-0.4, -0.2) is 33.9 Å². The molecule has 0 atom stereocenters. The maximum atomic E-state index is 11.5. The third-order valence-electron chi connectivity index (χ3n) is 3.87. The molecule has 0 radical (unpaired) electrons. The van der Waals surface area contributed by atoms with Crippen molar-refractivity contribution in [2.24, 2.45) is 4.99 Å². The SMILES string of the molecule is CN=C(NCc1ccccc1NS(C)(=O)=O)NCc1ccc(C)cc1SC.I. The topological polar surface area (TPSA) is 82.6 Å². The number of guanidine groups is 1. The van der Waals surface area contributed by atoms with Gasteiger partial charge in [-0.15, -0.1) is 35.7 Å². The molecule has 3 N–H and O–H groups in total. The van der Waals surface area contributed by atoms with Crippen molar-refractivity contribution >= 4 is 57.4 Å². The molecular weight excluding hydrogens is 507 g/mol. The quantitative estimate of drug-likeness (QED) is 0.219. The molecular formula is C19H27IN4O2S2. The average Bonchev–Trinajstić information content (AvgIpc) is 2.62. The summed E-state index contributed by atoms with van der Waals surface area (Å²) in [6, 6.07) is 13.7. The van der Waals surface area contributed by atoms with Crippen molar-refractivity contribution in [2.45, 2.75) is 24.9 Å². The summed E-state index contributed by atoms with van der Waals surface area (Å²) in [5.74, 6) is 0.650.